The van der Waals surface area contributed by atoms with Crippen LogP contribution in [0.4, 0.5) is 11.4 Å². The summed E-state index contributed by atoms with van der Waals surface area (Å²) in [6.45, 7) is 5.50. The summed E-state index contributed by atoms with van der Waals surface area (Å²) in [5, 5.41) is 5.52. The number of amides is 1. The Morgan fingerprint density at radius 1 is 1.10 bits per heavy atom. The first-order valence-corrected chi connectivity index (χ1v) is 17.5. The van der Waals surface area contributed by atoms with Gasteiger partial charge in [0.25, 0.3) is 0 Å². The Morgan fingerprint density at radius 3 is 2.59 bits per heavy atom. The SMILES string of the molecule is CC1CCc2c(sc3nc(C45CC6CC(CC(C6)C4)C5)nc(SCC(=O)Nc4ccccc4N4CCOCC4)c23)C1. The molecule has 1 amide bonds. The summed E-state index contributed by atoms with van der Waals surface area (Å²) < 4.78 is 5.55. The average Bonchev–Trinajstić information content (AvgIpc) is 3.33. The van der Waals surface area contributed by atoms with E-state index in [4.69, 9.17) is 14.7 Å². The van der Waals surface area contributed by atoms with Gasteiger partial charge < -0.3 is 15.0 Å². The highest BCUT2D eigenvalue weighted by molar-refractivity contribution is 8.00. The molecule has 41 heavy (non-hydrogen) atoms. The number of hydrogen-bond donors (Lipinski definition) is 1. The number of rotatable bonds is 6. The third kappa shape index (κ3) is 4.88. The molecule has 0 radical (unpaired) electrons. The zero-order valence-corrected chi connectivity index (χ0v) is 25.6. The van der Waals surface area contributed by atoms with Crippen molar-refractivity contribution < 1.29 is 9.53 Å². The first kappa shape index (κ1) is 26.5. The van der Waals surface area contributed by atoms with E-state index in [1.54, 1.807) is 11.8 Å². The summed E-state index contributed by atoms with van der Waals surface area (Å²) in [7, 11) is 0. The minimum absolute atomic E-state index is 0.0246. The van der Waals surface area contributed by atoms with Crippen LogP contribution < -0.4 is 10.2 Å². The Balaban J connectivity index is 1.09. The number of para-hydroxylation sites is 2. The number of thiophene rings is 1. The van der Waals surface area contributed by atoms with Crippen LogP contribution >= 0.6 is 23.1 Å². The summed E-state index contributed by atoms with van der Waals surface area (Å²) in [4.78, 5) is 29.2. The minimum atomic E-state index is 0.0246. The lowest BCUT2D eigenvalue weighted by atomic mass is 9.49. The van der Waals surface area contributed by atoms with Crippen molar-refractivity contribution in [1.82, 2.24) is 9.97 Å². The molecule has 1 atom stereocenters. The molecule has 0 spiro atoms. The summed E-state index contributed by atoms with van der Waals surface area (Å²) in [6, 6.07) is 8.15. The van der Waals surface area contributed by atoms with Crippen molar-refractivity contribution >= 4 is 50.6 Å². The molecule has 9 rings (SSSR count). The van der Waals surface area contributed by atoms with Crippen molar-refractivity contribution in [2.75, 3.05) is 42.3 Å². The van der Waals surface area contributed by atoms with Gasteiger partial charge in [-0.05, 0) is 99.2 Å². The van der Waals surface area contributed by atoms with E-state index in [0.29, 0.717) is 5.75 Å². The molecule has 1 unspecified atom stereocenters. The number of nitrogens with zero attached hydrogens (tertiary/aromatic N) is 3. The van der Waals surface area contributed by atoms with Gasteiger partial charge in [-0.25, -0.2) is 9.97 Å². The zero-order valence-electron chi connectivity index (χ0n) is 24.0. The van der Waals surface area contributed by atoms with Crippen LogP contribution in [0, 0.1) is 23.7 Å². The molecule has 6 aliphatic rings. The number of hydrogen-bond acceptors (Lipinski definition) is 7. The lowest BCUT2D eigenvalue weighted by Gasteiger charge is -2.56. The van der Waals surface area contributed by atoms with E-state index in [0.717, 1.165) is 85.0 Å². The van der Waals surface area contributed by atoms with Gasteiger partial charge in [0.1, 0.15) is 15.7 Å². The molecule has 216 valence electrons. The maximum Gasteiger partial charge on any atom is 0.234 e. The molecule has 1 aliphatic heterocycles. The smallest absolute Gasteiger partial charge is 0.234 e. The molecular weight excluding hydrogens is 549 g/mol. The van der Waals surface area contributed by atoms with Gasteiger partial charge in [0.15, 0.2) is 0 Å². The van der Waals surface area contributed by atoms with Crippen molar-refractivity contribution in [3.8, 4) is 0 Å². The lowest BCUT2D eigenvalue weighted by Crippen LogP contribution is -2.49. The van der Waals surface area contributed by atoms with Gasteiger partial charge in [0, 0.05) is 28.8 Å². The number of nitrogens with one attached hydrogen (secondary N) is 1. The number of carbonyl (C=O) groups is 1. The van der Waals surface area contributed by atoms with Crippen molar-refractivity contribution in [3.05, 3.63) is 40.5 Å². The van der Waals surface area contributed by atoms with E-state index < -0.39 is 0 Å². The first-order valence-electron chi connectivity index (χ1n) is 15.7. The number of benzene rings is 1. The quantitative estimate of drug-likeness (QED) is 0.251. The summed E-state index contributed by atoms with van der Waals surface area (Å²) in [5.74, 6) is 4.75. The third-order valence-electron chi connectivity index (χ3n) is 10.5. The highest BCUT2D eigenvalue weighted by atomic mass is 32.2. The van der Waals surface area contributed by atoms with Crippen molar-refractivity contribution in [2.24, 2.45) is 23.7 Å². The fourth-order valence-electron chi connectivity index (χ4n) is 9.01. The van der Waals surface area contributed by atoms with Gasteiger partial charge in [-0.1, -0.05) is 30.8 Å². The second-order valence-electron chi connectivity index (χ2n) is 13.5. The first-order chi connectivity index (χ1) is 20.0. The van der Waals surface area contributed by atoms with Crippen molar-refractivity contribution in [3.63, 3.8) is 0 Å². The van der Waals surface area contributed by atoms with E-state index in [-0.39, 0.29) is 11.3 Å². The molecule has 8 heteroatoms. The van der Waals surface area contributed by atoms with Gasteiger partial charge in [0.05, 0.1) is 30.3 Å². The summed E-state index contributed by atoms with van der Waals surface area (Å²) >= 11 is 3.53. The maximum atomic E-state index is 13.4. The number of carbonyl (C=O) groups excluding carboxylic acids is 1. The van der Waals surface area contributed by atoms with E-state index in [9.17, 15) is 4.79 Å². The molecule has 5 fully saturated rings. The molecule has 3 heterocycles. The molecule has 6 nitrogen and oxygen atoms in total. The van der Waals surface area contributed by atoms with E-state index >= 15 is 0 Å². The second-order valence-corrected chi connectivity index (χ2v) is 15.6. The van der Waals surface area contributed by atoms with Crippen molar-refractivity contribution in [2.45, 2.75) is 75.2 Å². The number of morpholine rings is 1. The molecule has 2 aromatic heterocycles. The van der Waals surface area contributed by atoms with Crippen molar-refractivity contribution in [1.29, 1.82) is 0 Å². The fraction of sp³-hybridized carbons (Fsp3) is 0.606. The molecule has 1 aromatic carbocycles. The van der Waals surface area contributed by atoms with E-state index in [1.165, 1.54) is 65.6 Å². The molecule has 4 saturated carbocycles. The van der Waals surface area contributed by atoms with Crippen LogP contribution in [0.2, 0.25) is 0 Å². The minimum Gasteiger partial charge on any atom is -0.378 e. The van der Waals surface area contributed by atoms with Crippen LogP contribution in [0.5, 0.6) is 0 Å². The van der Waals surface area contributed by atoms with Gasteiger partial charge in [-0.2, -0.15) is 0 Å². The number of aromatic nitrogens is 2. The third-order valence-corrected chi connectivity index (χ3v) is 12.6. The fourth-order valence-corrected chi connectivity index (χ4v) is 11.3. The molecule has 3 aromatic rings. The van der Waals surface area contributed by atoms with Crippen LogP contribution in [-0.2, 0) is 27.8 Å². The predicted molar refractivity (Wildman–Crippen MR) is 167 cm³/mol. The standard InChI is InChI=1S/C33H40N4O2S2/c1-20-6-7-24-27(12-20)41-31-29(24)30(35-32(36-31)33-16-21-13-22(17-33)15-23(14-21)18-33)40-19-28(38)34-25-4-2-3-5-26(25)37-8-10-39-11-9-37/h2-5,20-23H,6-19H2,1H3,(H,34,38). The molecule has 4 bridgehead atoms. The number of anilines is 2. The lowest BCUT2D eigenvalue weighted by molar-refractivity contribution is -0.113. The Bertz CT molecular complexity index is 1440. The molecular formula is C33H40N4O2S2. The van der Waals surface area contributed by atoms with Gasteiger partial charge in [-0.15, -0.1) is 11.3 Å². The highest BCUT2D eigenvalue weighted by Crippen LogP contribution is 2.60. The normalized spacial score (nSPS) is 30.5. The Morgan fingerprint density at radius 2 is 1.83 bits per heavy atom. The van der Waals surface area contributed by atoms with Gasteiger partial charge >= 0.3 is 0 Å². The Kier molecular flexibility index (Phi) is 6.80. The topological polar surface area (TPSA) is 67.4 Å². The Hall–Kier alpha value is -2.16. The predicted octanol–water partition coefficient (Wildman–Crippen LogP) is 6.85. The molecule has 5 aliphatic carbocycles. The summed E-state index contributed by atoms with van der Waals surface area (Å²) in [5.41, 5.74) is 3.56. The van der Waals surface area contributed by atoms with Crippen LogP contribution in [0.1, 0.15) is 68.1 Å². The van der Waals surface area contributed by atoms with Crippen LogP contribution in [-0.4, -0.2) is 47.9 Å². The molecule has 1 N–H and O–H groups in total. The number of ether oxygens (including phenoxy) is 1. The maximum absolute atomic E-state index is 13.4. The van der Waals surface area contributed by atoms with Crippen LogP contribution in [0.25, 0.3) is 10.2 Å². The number of aryl methyl sites for hydroxylation is 1. The van der Waals surface area contributed by atoms with E-state index in [1.807, 2.05) is 29.5 Å². The monoisotopic (exact) mass is 588 g/mol. The Labute approximate surface area is 251 Å². The average molecular weight is 589 g/mol. The summed E-state index contributed by atoms with van der Waals surface area (Å²) in [6.07, 6.45) is 11.5. The van der Waals surface area contributed by atoms with E-state index in [2.05, 4.69) is 23.2 Å². The molecule has 1 saturated heterocycles. The van der Waals surface area contributed by atoms with Crippen LogP contribution in [0.3, 0.4) is 0 Å². The van der Waals surface area contributed by atoms with Crippen LogP contribution in [0.15, 0.2) is 29.3 Å². The number of fused-ring (bicyclic) bond motifs is 3. The second kappa shape index (κ2) is 10.5. The number of thioether (sulfide) groups is 1. The largest absolute Gasteiger partial charge is 0.378 e. The highest BCUT2D eigenvalue weighted by Gasteiger charge is 2.53. The zero-order chi connectivity index (χ0) is 27.6. The van der Waals surface area contributed by atoms with Gasteiger partial charge in [0.2, 0.25) is 5.91 Å². The van der Waals surface area contributed by atoms with Gasteiger partial charge in [-0.3, -0.25) is 4.79 Å².